The van der Waals surface area contributed by atoms with Crippen molar-refractivity contribution in [2.75, 3.05) is 26.2 Å². The number of hydrogen-bond acceptors (Lipinski definition) is 3. The summed E-state index contributed by atoms with van der Waals surface area (Å²) in [7, 11) is -3.51. The molecule has 0 N–H and O–H groups in total. The van der Waals surface area contributed by atoms with Gasteiger partial charge in [0.2, 0.25) is 15.9 Å². The van der Waals surface area contributed by atoms with Crippen LogP contribution in [0.3, 0.4) is 0 Å². The number of sulfonamides is 1. The van der Waals surface area contributed by atoms with Gasteiger partial charge in [0.25, 0.3) is 0 Å². The van der Waals surface area contributed by atoms with Crippen molar-refractivity contribution in [2.24, 2.45) is 0 Å². The van der Waals surface area contributed by atoms with Crippen LogP contribution in [-0.2, 0) is 21.4 Å². The smallest absolute Gasteiger partial charge is 0.243 e. The van der Waals surface area contributed by atoms with Crippen LogP contribution < -0.4 is 0 Å². The third kappa shape index (κ3) is 5.16. The monoisotopic (exact) mass is 547 g/mol. The first kappa shape index (κ1) is 26.6. The van der Waals surface area contributed by atoms with Gasteiger partial charge in [0.05, 0.1) is 4.90 Å². The van der Waals surface area contributed by atoms with E-state index in [1.807, 2.05) is 35.2 Å². The predicted molar refractivity (Wildman–Crippen MR) is 155 cm³/mol. The average molecular weight is 548 g/mol. The first-order valence-corrected chi connectivity index (χ1v) is 16.3. The molecule has 39 heavy (non-hydrogen) atoms. The largest absolute Gasteiger partial charge is 0.341 e. The molecule has 6 nitrogen and oxygen atoms in total. The minimum absolute atomic E-state index is 0.193. The molecule has 2 saturated heterocycles. The molecular weight excluding hydrogens is 506 g/mol. The predicted octanol–water partition coefficient (Wildman–Crippen LogP) is 6.19. The number of hydrogen-bond donors (Lipinski definition) is 0. The van der Waals surface area contributed by atoms with Crippen LogP contribution in [0.4, 0.5) is 0 Å². The lowest BCUT2D eigenvalue weighted by molar-refractivity contribution is -0.130. The van der Waals surface area contributed by atoms with E-state index in [2.05, 4.69) is 29.7 Å². The molecule has 6 rings (SSSR count). The second kappa shape index (κ2) is 11.1. The number of nitrogens with zero attached hydrogens (tertiary/aromatic N) is 3. The highest BCUT2D eigenvalue weighted by Crippen LogP contribution is 2.39. The van der Waals surface area contributed by atoms with E-state index >= 15 is 0 Å². The fraction of sp³-hybridized carbons (Fsp3) is 0.531. The quantitative estimate of drug-likeness (QED) is 0.370. The Morgan fingerprint density at radius 1 is 0.795 bits per heavy atom. The van der Waals surface area contributed by atoms with Crippen LogP contribution in [0.5, 0.6) is 0 Å². The van der Waals surface area contributed by atoms with Gasteiger partial charge in [-0.3, -0.25) is 4.79 Å². The minimum Gasteiger partial charge on any atom is -0.341 e. The molecule has 208 valence electrons. The van der Waals surface area contributed by atoms with Crippen LogP contribution in [0.1, 0.15) is 86.4 Å². The van der Waals surface area contributed by atoms with Crippen molar-refractivity contribution in [1.82, 2.24) is 13.8 Å². The van der Waals surface area contributed by atoms with Crippen molar-refractivity contribution in [3.8, 4) is 0 Å². The number of fused-ring (bicyclic) bond motifs is 1. The van der Waals surface area contributed by atoms with E-state index in [0.29, 0.717) is 30.4 Å². The standard InChI is InChI=1S/C32H41N3O3S/c1-24-32(29-11-5-6-12-30(29)35(24)23-31(36)33-19-7-8-20-33)27-17-21-34(22-18-27)39(37,38)28-15-13-26(14-16-28)25-9-3-2-4-10-25/h5-6,11-16,25,27H,2-4,7-10,17-23H2,1H3. The summed E-state index contributed by atoms with van der Waals surface area (Å²) in [4.78, 5) is 15.4. The Hall–Kier alpha value is -2.64. The molecular formula is C32H41N3O3S. The third-order valence-electron chi connectivity index (χ3n) is 9.49. The number of amides is 1. The average Bonchev–Trinajstić information content (AvgIpc) is 3.61. The van der Waals surface area contributed by atoms with Gasteiger partial charge in [-0.1, -0.05) is 49.6 Å². The molecule has 3 heterocycles. The van der Waals surface area contributed by atoms with Crippen LogP contribution in [0, 0.1) is 6.92 Å². The van der Waals surface area contributed by atoms with E-state index in [1.54, 1.807) is 4.31 Å². The zero-order valence-electron chi connectivity index (χ0n) is 23.1. The van der Waals surface area contributed by atoms with Gasteiger partial charge in [0.15, 0.2) is 0 Å². The Bertz CT molecular complexity index is 1420. The summed E-state index contributed by atoms with van der Waals surface area (Å²) in [5.74, 6) is 1.04. The molecule has 1 amide bonds. The molecule has 3 aliphatic rings. The van der Waals surface area contributed by atoms with Crippen LogP contribution in [0.25, 0.3) is 10.9 Å². The van der Waals surface area contributed by atoms with E-state index in [0.717, 1.165) is 50.0 Å². The lowest BCUT2D eigenvalue weighted by Gasteiger charge is -2.32. The van der Waals surface area contributed by atoms with Gasteiger partial charge in [-0.2, -0.15) is 4.31 Å². The molecule has 0 spiro atoms. The van der Waals surface area contributed by atoms with Gasteiger partial charge in [-0.25, -0.2) is 8.42 Å². The van der Waals surface area contributed by atoms with Crippen molar-refractivity contribution in [1.29, 1.82) is 0 Å². The summed E-state index contributed by atoms with van der Waals surface area (Å²) in [6.07, 6.45) is 10.0. The molecule has 0 bridgehead atoms. The normalized spacial score (nSPS) is 20.2. The van der Waals surface area contributed by atoms with Gasteiger partial charge in [0.1, 0.15) is 6.54 Å². The molecule has 0 radical (unpaired) electrons. The number of benzene rings is 2. The number of carbonyl (C=O) groups excluding carboxylic acids is 1. The molecule has 3 fully saturated rings. The van der Waals surface area contributed by atoms with Crippen LogP contribution in [0.15, 0.2) is 53.4 Å². The van der Waals surface area contributed by atoms with Crippen molar-refractivity contribution >= 4 is 26.8 Å². The number of aromatic nitrogens is 1. The van der Waals surface area contributed by atoms with Crippen molar-refractivity contribution in [2.45, 2.75) is 88.0 Å². The number of rotatable bonds is 6. The van der Waals surface area contributed by atoms with Gasteiger partial charge in [0, 0.05) is 42.8 Å². The van der Waals surface area contributed by atoms with Crippen molar-refractivity contribution < 1.29 is 13.2 Å². The Morgan fingerprint density at radius 2 is 1.46 bits per heavy atom. The van der Waals surface area contributed by atoms with Crippen LogP contribution in [-0.4, -0.2) is 54.3 Å². The molecule has 2 aliphatic heterocycles. The highest BCUT2D eigenvalue weighted by molar-refractivity contribution is 7.89. The van der Waals surface area contributed by atoms with E-state index in [4.69, 9.17) is 0 Å². The number of carbonyl (C=O) groups is 1. The zero-order chi connectivity index (χ0) is 27.0. The van der Waals surface area contributed by atoms with Gasteiger partial charge >= 0.3 is 0 Å². The fourth-order valence-corrected chi connectivity index (χ4v) is 8.73. The maximum absolute atomic E-state index is 13.5. The number of para-hydroxylation sites is 1. The fourth-order valence-electron chi connectivity index (χ4n) is 7.26. The van der Waals surface area contributed by atoms with Gasteiger partial charge in [-0.15, -0.1) is 0 Å². The summed E-state index contributed by atoms with van der Waals surface area (Å²) in [5, 5.41) is 1.20. The van der Waals surface area contributed by atoms with Crippen LogP contribution in [0.2, 0.25) is 0 Å². The second-order valence-corrected chi connectivity index (χ2v) is 13.7. The van der Waals surface area contributed by atoms with Gasteiger partial charge < -0.3 is 9.47 Å². The zero-order valence-corrected chi connectivity index (χ0v) is 24.0. The van der Waals surface area contributed by atoms with Crippen molar-refractivity contribution in [3.63, 3.8) is 0 Å². The lowest BCUT2D eigenvalue weighted by atomic mass is 9.84. The summed E-state index contributed by atoms with van der Waals surface area (Å²) in [6, 6.07) is 16.1. The van der Waals surface area contributed by atoms with E-state index < -0.39 is 10.0 Å². The molecule has 1 saturated carbocycles. The molecule has 0 atom stereocenters. The van der Waals surface area contributed by atoms with Gasteiger partial charge in [-0.05, 0) is 86.6 Å². The molecule has 1 aromatic heterocycles. The summed E-state index contributed by atoms with van der Waals surface area (Å²) >= 11 is 0. The SMILES string of the molecule is Cc1c(C2CCN(S(=O)(=O)c3ccc(C4CCCCC4)cc3)CC2)c2ccccc2n1CC(=O)N1CCCC1. The second-order valence-electron chi connectivity index (χ2n) is 11.8. The number of piperidine rings is 1. The first-order valence-electron chi connectivity index (χ1n) is 14.9. The molecule has 7 heteroatoms. The Morgan fingerprint density at radius 3 is 2.15 bits per heavy atom. The molecule has 1 aliphatic carbocycles. The maximum atomic E-state index is 13.5. The Balaban J connectivity index is 1.18. The first-order chi connectivity index (χ1) is 18.9. The molecule has 2 aromatic carbocycles. The lowest BCUT2D eigenvalue weighted by Crippen LogP contribution is -2.38. The molecule has 0 unspecified atom stereocenters. The van der Waals surface area contributed by atoms with E-state index in [-0.39, 0.29) is 11.8 Å². The maximum Gasteiger partial charge on any atom is 0.243 e. The summed E-state index contributed by atoms with van der Waals surface area (Å²) < 4.78 is 30.9. The topological polar surface area (TPSA) is 62.6 Å². The third-order valence-corrected chi connectivity index (χ3v) is 11.4. The summed E-state index contributed by atoms with van der Waals surface area (Å²) in [5.41, 5.74) is 4.81. The Kier molecular flexibility index (Phi) is 7.56. The molecule has 3 aromatic rings. The number of likely N-dealkylation sites (tertiary alicyclic amines) is 1. The Labute approximate surface area is 233 Å². The minimum atomic E-state index is -3.51. The van der Waals surface area contributed by atoms with Crippen molar-refractivity contribution in [3.05, 3.63) is 65.4 Å². The van der Waals surface area contributed by atoms with E-state index in [9.17, 15) is 13.2 Å². The highest BCUT2D eigenvalue weighted by atomic mass is 32.2. The summed E-state index contributed by atoms with van der Waals surface area (Å²) in [6.45, 7) is 5.26. The van der Waals surface area contributed by atoms with Crippen LogP contribution >= 0.6 is 0 Å². The highest BCUT2D eigenvalue weighted by Gasteiger charge is 2.33. The van der Waals surface area contributed by atoms with E-state index in [1.165, 1.54) is 48.6 Å².